The number of hydrogen-bond acceptors (Lipinski definition) is 8. The molecule has 5 heterocycles. The summed E-state index contributed by atoms with van der Waals surface area (Å²) in [5, 5.41) is 8.66. The Hall–Kier alpha value is -4.33. The first kappa shape index (κ1) is 27.8. The Morgan fingerprint density at radius 2 is 1.88 bits per heavy atom. The van der Waals surface area contributed by atoms with Gasteiger partial charge in [-0.2, -0.15) is 18.3 Å². The number of fused-ring (bicyclic) bond motifs is 1. The number of alkyl halides is 3. The molecule has 1 atom stereocenters. The van der Waals surface area contributed by atoms with Gasteiger partial charge < -0.3 is 19.5 Å². The van der Waals surface area contributed by atoms with Crippen LogP contribution in [-0.4, -0.2) is 57.1 Å². The zero-order chi connectivity index (χ0) is 29.6. The highest BCUT2D eigenvalue weighted by atomic mass is 19.4. The lowest BCUT2D eigenvalue weighted by molar-refractivity contribution is -0.138. The van der Waals surface area contributed by atoms with Crippen molar-refractivity contribution >= 4 is 22.1 Å². The molecule has 0 saturated carbocycles. The third kappa shape index (κ3) is 5.22. The van der Waals surface area contributed by atoms with E-state index in [0.29, 0.717) is 18.2 Å². The molecule has 42 heavy (non-hydrogen) atoms. The number of pyridine rings is 1. The van der Waals surface area contributed by atoms with Gasteiger partial charge in [-0.1, -0.05) is 0 Å². The molecular formula is C28H27F4N7O3. The molecule has 1 unspecified atom stereocenters. The van der Waals surface area contributed by atoms with Crippen LogP contribution in [0.4, 0.5) is 28.9 Å². The van der Waals surface area contributed by atoms with Crippen LogP contribution in [0.3, 0.4) is 0 Å². The van der Waals surface area contributed by atoms with E-state index in [1.54, 1.807) is 42.7 Å². The number of nitrogens with zero attached hydrogens (tertiary/aromatic N) is 5. The smallest absolute Gasteiger partial charge is 0.381 e. The van der Waals surface area contributed by atoms with Crippen LogP contribution in [0.2, 0.25) is 0 Å². The van der Waals surface area contributed by atoms with Gasteiger partial charge in [0.05, 0.1) is 59.5 Å². The lowest BCUT2D eigenvalue weighted by Gasteiger charge is -2.55. The predicted octanol–water partition coefficient (Wildman–Crippen LogP) is 3.82. The van der Waals surface area contributed by atoms with Crippen LogP contribution in [0, 0.1) is 11.2 Å². The molecule has 220 valence electrons. The van der Waals surface area contributed by atoms with Gasteiger partial charge in [0.15, 0.2) is 5.82 Å². The van der Waals surface area contributed by atoms with Gasteiger partial charge in [0.1, 0.15) is 11.4 Å². The number of aromatic nitrogens is 5. The van der Waals surface area contributed by atoms with Gasteiger partial charge in [0.2, 0.25) is 0 Å². The normalized spacial score (nSPS) is 16.7. The highest BCUT2D eigenvalue weighted by Gasteiger charge is 2.49. The minimum absolute atomic E-state index is 0.186. The molecule has 4 aromatic rings. The molecule has 6 rings (SSSR count). The number of hydrogen-bond donors (Lipinski definition) is 2. The fourth-order valence-electron chi connectivity index (χ4n) is 5.49. The summed E-state index contributed by atoms with van der Waals surface area (Å²) < 4.78 is 61.7. The topological polar surface area (TPSA) is 118 Å². The molecule has 14 heteroatoms. The number of rotatable bonds is 8. The van der Waals surface area contributed by atoms with E-state index in [4.69, 9.17) is 4.74 Å². The molecule has 2 fully saturated rings. The molecular weight excluding hydrogens is 558 g/mol. The lowest BCUT2D eigenvalue weighted by Crippen LogP contribution is -2.66. The van der Waals surface area contributed by atoms with Crippen LogP contribution in [0.1, 0.15) is 25.3 Å². The molecule has 1 spiro atoms. The van der Waals surface area contributed by atoms with E-state index in [2.05, 4.69) is 25.3 Å². The molecule has 2 aliphatic heterocycles. The van der Waals surface area contributed by atoms with Crippen molar-refractivity contribution in [2.45, 2.75) is 38.5 Å². The minimum atomic E-state index is -4.84. The first-order chi connectivity index (χ1) is 20.0. The second-order valence-electron chi connectivity index (χ2n) is 11.0. The lowest BCUT2D eigenvalue weighted by atomic mass is 9.78. The number of benzene rings is 1. The van der Waals surface area contributed by atoms with E-state index < -0.39 is 34.8 Å². The summed E-state index contributed by atoms with van der Waals surface area (Å²) in [5.41, 5.74) is -2.18. The molecule has 1 aromatic carbocycles. The summed E-state index contributed by atoms with van der Waals surface area (Å²) >= 11 is 0. The second-order valence-corrected chi connectivity index (χ2v) is 11.0. The Balaban J connectivity index is 1.11. The zero-order valence-electron chi connectivity index (χ0n) is 22.5. The number of aryl methyl sites for hydroxylation is 1. The first-order valence-corrected chi connectivity index (χ1v) is 13.4. The van der Waals surface area contributed by atoms with Gasteiger partial charge in [0.25, 0.3) is 11.1 Å². The maximum Gasteiger partial charge on any atom is 0.423 e. The van der Waals surface area contributed by atoms with Crippen molar-refractivity contribution in [2.24, 2.45) is 5.41 Å². The number of halogens is 4. The van der Waals surface area contributed by atoms with Crippen molar-refractivity contribution in [3.8, 4) is 11.4 Å². The summed E-state index contributed by atoms with van der Waals surface area (Å²) in [6.45, 7) is 5.23. The van der Waals surface area contributed by atoms with Gasteiger partial charge in [0, 0.05) is 31.9 Å². The third-order valence-corrected chi connectivity index (χ3v) is 7.76. The number of nitrogens with one attached hydrogen (secondary N) is 2. The largest absolute Gasteiger partial charge is 0.423 e. The third-order valence-electron chi connectivity index (χ3n) is 7.76. The molecule has 2 N–H and O–H groups in total. The average molecular weight is 586 g/mol. The van der Waals surface area contributed by atoms with Gasteiger partial charge in [-0.3, -0.25) is 9.59 Å². The quantitative estimate of drug-likeness (QED) is 0.300. The minimum Gasteiger partial charge on any atom is -0.381 e. The monoisotopic (exact) mass is 585 g/mol. The van der Waals surface area contributed by atoms with Crippen LogP contribution in [-0.2, 0) is 17.5 Å². The summed E-state index contributed by atoms with van der Waals surface area (Å²) in [4.78, 5) is 35.6. The highest BCUT2D eigenvalue weighted by Crippen LogP contribution is 2.40. The molecule has 2 aliphatic rings. The summed E-state index contributed by atoms with van der Waals surface area (Å²) in [6.07, 6.45) is 1.84. The Kier molecular flexibility index (Phi) is 6.95. The SMILES string of the molecule is CC(CCCn1ccc2cc(-c3ncc(N4CC5(COC5)C4)cn3)c(F)cc2c1=O)Nc1cn[nH]c(=O)c1C(F)(F)F. The predicted molar refractivity (Wildman–Crippen MR) is 147 cm³/mol. The zero-order valence-corrected chi connectivity index (χ0v) is 22.5. The Morgan fingerprint density at radius 1 is 1.14 bits per heavy atom. The molecule has 3 aromatic heterocycles. The van der Waals surface area contributed by atoms with Gasteiger partial charge in [-0.05, 0) is 43.4 Å². The van der Waals surface area contributed by atoms with Crippen molar-refractivity contribution in [1.82, 2.24) is 24.7 Å². The summed E-state index contributed by atoms with van der Waals surface area (Å²) in [5.74, 6) is -0.403. The fraction of sp³-hybridized carbons (Fsp3) is 0.393. The van der Waals surface area contributed by atoms with Crippen molar-refractivity contribution in [1.29, 1.82) is 0 Å². The summed E-state index contributed by atoms with van der Waals surface area (Å²) in [7, 11) is 0. The summed E-state index contributed by atoms with van der Waals surface area (Å²) in [6, 6.07) is 3.98. The van der Waals surface area contributed by atoms with Crippen LogP contribution >= 0.6 is 0 Å². The fourth-order valence-corrected chi connectivity index (χ4v) is 5.49. The van der Waals surface area contributed by atoms with Crippen molar-refractivity contribution in [3.05, 3.63) is 75.1 Å². The highest BCUT2D eigenvalue weighted by molar-refractivity contribution is 5.86. The number of H-pyrrole nitrogens is 1. The van der Waals surface area contributed by atoms with E-state index in [1.165, 1.54) is 10.6 Å². The van der Waals surface area contributed by atoms with Crippen molar-refractivity contribution in [3.63, 3.8) is 0 Å². The molecule has 0 bridgehead atoms. The second kappa shape index (κ2) is 10.5. The van der Waals surface area contributed by atoms with Crippen LogP contribution in [0.15, 0.2) is 52.6 Å². The molecule has 2 saturated heterocycles. The molecule has 0 radical (unpaired) electrons. The number of ether oxygens (including phenoxy) is 1. The van der Waals surface area contributed by atoms with Gasteiger partial charge >= 0.3 is 6.18 Å². The number of anilines is 2. The Morgan fingerprint density at radius 3 is 2.55 bits per heavy atom. The van der Waals surface area contributed by atoms with E-state index in [0.717, 1.165) is 38.2 Å². The van der Waals surface area contributed by atoms with E-state index in [1.807, 2.05) is 0 Å². The standard InChI is InChI=1S/C28H27F4N7O3/c1-16(36-22-11-35-37-25(40)23(22)28(30,31)32)3-2-5-38-6-4-17-7-20(21(29)8-19(17)26(38)41)24-33-9-18(10-34-24)39-12-27(13-39)14-42-15-27/h4,6-11,16H,2-3,5,12-15H2,1H3,(H2,36,37,40). The molecule has 10 nitrogen and oxygen atoms in total. The van der Waals surface area contributed by atoms with Crippen LogP contribution < -0.4 is 21.3 Å². The van der Waals surface area contributed by atoms with Crippen molar-refractivity contribution < 1.29 is 22.3 Å². The molecule has 0 aliphatic carbocycles. The number of aromatic amines is 1. The van der Waals surface area contributed by atoms with Crippen LogP contribution in [0.5, 0.6) is 0 Å². The maximum absolute atomic E-state index is 15.1. The van der Waals surface area contributed by atoms with Crippen LogP contribution in [0.25, 0.3) is 22.2 Å². The van der Waals surface area contributed by atoms with Crippen molar-refractivity contribution in [2.75, 3.05) is 36.5 Å². The maximum atomic E-state index is 15.1. The Bertz CT molecular complexity index is 1740. The Labute approximate surface area is 236 Å². The van der Waals surface area contributed by atoms with E-state index >= 15 is 4.39 Å². The van der Waals surface area contributed by atoms with E-state index in [9.17, 15) is 22.8 Å². The van der Waals surface area contributed by atoms with Gasteiger partial charge in [-0.25, -0.2) is 19.5 Å². The van der Waals surface area contributed by atoms with Gasteiger partial charge in [-0.15, -0.1) is 0 Å². The average Bonchev–Trinajstić information content (AvgIpc) is 2.88. The molecule has 0 amide bonds. The van der Waals surface area contributed by atoms with E-state index in [-0.39, 0.29) is 34.3 Å². The first-order valence-electron chi connectivity index (χ1n) is 13.4.